The predicted octanol–water partition coefficient (Wildman–Crippen LogP) is 16.5. The van der Waals surface area contributed by atoms with Gasteiger partial charge in [0.2, 0.25) is 0 Å². The molecule has 0 radical (unpaired) electrons. The Kier molecular flexibility index (Phi) is 8.43. The van der Waals surface area contributed by atoms with Crippen molar-refractivity contribution in [1.82, 2.24) is 0 Å². The van der Waals surface area contributed by atoms with Crippen molar-refractivity contribution in [2.75, 3.05) is 4.90 Å². The number of fused-ring (bicyclic) bond motifs is 6. The van der Waals surface area contributed by atoms with Crippen LogP contribution >= 0.6 is 11.3 Å². The van der Waals surface area contributed by atoms with Gasteiger partial charge in [0.1, 0.15) is 0 Å². The van der Waals surface area contributed by atoms with Gasteiger partial charge in [-0.05, 0) is 80.4 Å². The molecule has 1 heterocycles. The molecule has 0 bridgehead atoms. The highest BCUT2D eigenvalue weighted by atomic mass is 32.1. The number of anilines is 3. The van der Waals surface area contributed by atoms with Gasteiger partial charge in [0.05, 0.1) is 11.4 Å². The molecule has 0 amide bonds. The van der Waals surface area contributed by atoms with Gasteiger partial charge < -0.3 is 4.90 Å². The molecule has 0 N–H and O–H groups in total. The SMILES string of the molecule is CC1(C)c2ccccc2-c2c(-c3ccccc3N(c3ccc(-c4ccc(-c5ccccc5)cc4)cc3)c3ccccc3-c3cccc4c3sc3ccccc34)cccc21. The Labute approximate surface area is 350 Å². The minimum Gasteiger partial charge on any atom is -0.309 e. The van der Waals surface area contributed by atoms with Crippen LogP contribution in [-0.4, -0.2) is 0 Å². The molecule has 0 saturated heterocycles. The van der Waals surface area contributed by atoms with Gasteiger partial charge in [0.25, 0.3) is 0 Å². The van der Waals surface area contributed by atoms with Gasteiger partial charge in [-0.1, -0.05) is 196 Å². The molecule has 1 nitrogen and oxygen atoms in total. The molecule has 10 aromatic rings. The molecule has 1 aliphatic carbocycles. The van der Waals surface area contributed by atoms with E-state index in [0.29, 0.717) is 0 Å². The number of rotatable bonds is 7. The smallest absolute Gasteiger partial charge is 0.0540 e. The highest BCUT2D eigenvalue weighted by Gasteiger charge is 2.37. The minimum atomic E-state index is -0.0960. The van der Waals surface area contributed by atoms with Gasteiger partial charge in [0, 0.05) is 48.0 Å². The number of para-hydroxylation sites is 2. The monoisotopic (exact) mass is 771 g/mol. The van der Waals surface area contributed by atoms with Crippen LogP contribution in [0.1, 0.15) is 25.0 Å². The molecule has 1 aliphatic rings. The van der Waals surface area contributed by atoms with Crippen molar-refractivity contribution in [3.63, 3.8) is 0 Å². The Bertz CT molecular complexity index is 3170. The zero-order valence-electron chi connectivity index (χ0n) is 33.1. The summed E-state index contributed by atoms with van der Waals surface area (Å²) in [5, 5.41) is 2.61. The molecule has 59 heavy (non-hydrogen) atoms. The van der Waals surface area contributed by atoms with E-state index < -0.39 is 0 Å². The number of hydrogen-bond donors (Lipinski definition) is 0. The van der Waals surface area contributed by atoms with E-state index in [2.05, 4.69) is 231 Å². The molecular weight excluding hydrogens is 731 g/mol. The third-order valence-corrected chi connectivity index (χ3v) is 13.6. The van der Waals surface area contributed by atoms with Gasteiger partial charge in [0.15, 0.2) is 0 Å². The predicted molar refractivity (Wildman–Crippen MR) is 253 cm³/mol. The van der Waals surface area contributed by atoms with Crippen LogP contribution in [0, 0.1) is 0 Å². The van der Waals surface area contributed by atoms with E-state index in [1.54, 1.807) is 0 Å². The van der Waals surface area contributed by atoms with Gasteiger partial charge in [-0.3, -0.25) is 0 Å². The van der Waals surface area contributed by atoms with Gasteiger partial charge in [-0.25, -0.2) is 0 Å². The second kappa shape index (κ2) is 14.1. The summed E-state index contributed by atoms with van der Waals surface area (Å²) < 4.78 is 2.62. The number of thiophene rings is 1. The fourth-order valence-corrected chi connectivity index (χ4v) is 10.7. The highest BCUT2D eigenvalue weighted by molar-refractivity contribution is 7.26. The van der Waals surface area contributed by atoms with E-state index in [1.807, 2.05) is 11.3 Å². The molecule has 9 aromatic carbocycles. The average Bonchev–Trinajstić information content (AvgIpc) is 3.80. The summed E-state index contributed by atoms with van der Waals surface area (Å²) >= 11 is 1.88. The van der Waals surface area contributed by atoms with Crippen molar-refractivity contribution in [1.29, 1.82) is 0 Å². The summed E-state index contributed by atoms with van der Waals surface area (Å²) in [6, 6.07) is 78.0. The van der Waals surface area contributed by atoms with Crippen LogP contribution in [0.3, 0.4) is 0 Å². The molecule has 11 rings (SSSR count). The fourth-order valence-electron chi connectivity index (χ4n) is 9.43. The van der Waals surface area contributed by atoms with E-state index in [9.17, 15) is 0 Å². The minimum absolute atomic E-state index is 0.0960. The Morgan fingerprint density at radius 2 is 0.831 bits per heavy atom. The van der Waals surface area contributed by atoms with E-state index in [-0.39, 0.29) is 5.41 Å². The number of nitrogens with zero attached hydrogens (tertiary/aromatic N) is 1. The summed E-state index contributed by atoms with van der Waals surface area (Å²) in [4.78, 5) is 2.49. The number of benzene rings is 9. The van der Waals surface area contributed by atoms with Crippen LogP contribution in [0.25, 0.3) is 75.8 Å². The highest BCUT2D eigenvalue weighted by Crippen LogP contribution is 2.54. The summed E-state index contributed by atoms with van der Waals surface area (Å²) in [5.74, 6) is 0. The fraction of sp³-hybridized carbons (Fsp3) is 0.0526. The third-order valence-electron chi connectivity index (χ3n) is 12.3. The first kappa shape index (κ1) is 35.2. The first-order valence-electron chi connectivity index (χ1n) is 20.4. The average molecular weight is 772 g/mol. The second-order valence-corrected chi connectivity index (χ2v) is 17.1. The molecule has 0 atom stereocenters. The van der Waals surface area contributed by atoms with Crippen molar-refractivity contribution in [2.45, 2.75) is 19.3 Å². The van der Waals surface area contributed by atoms with Crippen LogP contribution in [0.2, 0.25) is 0 Å². The zero-order chi connectivity index (χ0) is 39.5. The molecule has 280 valence electrons. The lowest BCUT2D eigenvalue weighted by Crippen LogP contribution is -2.15. The molecule has 0 saturated carbocycles. The second-order valence-electron chi connectivity index (χ2n) is 16.0. The first-order valence-corrected chi connectivity index (χ1v) is 21.2. The van der Waals surface area contributed by atoms with Crippen LogP contribution in [0.5, 0.6) is 0 Å². The lowest BCUT2D eigenvalue weighted by atomic mass is 9.82. The normalized spacial score (nSPS) is 12.7. The maximum absolute atomic E-state index is 2.49. The van der Waals surface area contributed by atoms with Gasteiger partial charge in [-0.15, -0.1) is 11.3 Å². The first-order chi connectivity index (χ1) is 29.0. The third kappa shape index (κ3) is 5.82. The quantitative estimate of drug-likeness (QED) is 0.156. The lowest BCUT2D eigenvalue weighted by Gasteiger charge is -2.30. The van der Waals surface area contributed by atoms with E-state index >= 15 is 0 Å². The van der Waals surface area contributed by atoms with Crippen LogP contribution < -0.4 is 4.90 Å². The molecule has 2 heteroatoms. The molecule has 0 fully saturated rings. The van der Waals surface area contributed by atoms with E-state index in [1.165, 1.54) is 86.9 Å². The standard InChI is InChI=1S/C57H41NS/c1-57(2)50-25-10-6-21-49(50)55-46(22-15-26-51(55)57)43-18-7-11-27-52(43)58(42-36-34-41(35-37-42)40-32-30-39(31-33-40)38-16-4-3-5-17-38)53-28-12-8-19-44(53)47-23-14-24-48-45-20-9-13-29-54(45)59-56(47)48/h3-37H,1-2H3. The zero-order valence-corrected chi connectivity index (χ0v) is 33.9. The lowest BCUT2D eigenvalue weighted by molar-refractivity contribution is 0.660. The summed E-state index contributed by atoms with van der Waals surface area (Å²) in [7, 11) is 0. The van der Waals surface area contributed by atoms with Crippen molar-refractivity contribution >= 4 is 48.6 Å². The Balaban J connectivity index is 1.11. The van der Waals surface area contributed by atoms with Crippen molar-refractivity contribution < 1.29 is 0 Å². The molecular formula is C57H41NS. The molecule has 1 aromatic heterocycles. The van der Waals surface area contributed by atoms with Crippen molar-refractivity contribution in [3.8, 4) is 55.6 Å². The van der Waals surface area contributed by atoms with Crippen LogP contribution in [0.15, 0.2) is 212 Å². The van der Waals surface area contributed by atoms with Crippen LogP contribution in [-0.2, 0) is 5.41 Å². The number of hydrogen-bond acceptors (Lipinski definition) is 2. The van der Waals surface area contributed by atoms with Gasteiger partial charge in [-0.2, -0.15) is 0 Å². The van der Waals surface area contributed by atoms with Crippen LogP contribution in [0.4, 0.5) is 17.1 Å². The van der Waals surface area contributed by atoms with Gasteiger partial charge >= 0.3 is 0 Å². The Morgan fingerprint density at radius 3 is 1.54 bits per heavy atom. The van der Waals surface area contributed by atoms with Crippen molar-refractivity contribution in [3.05, 3.63) is 223 Å². The van der Waals surface area contributed by atoms with E-state index in [0.717, 1.165) is 17.1 Å². The molecule has 0 unspecified atom stereocenters. The maximum Gasteiger partial charge on any atom is 0.0540 e. The molecule has 0 aliphatic heterocycles. The maximum atomic E-state index is 2.49. The summed E-state index contributed by atoms with van der Waals surface area (Å²) in [5.41, 5.74) is 18.4. The summed E-state index contributed by atoms with van der Waals surface area (Å²) in [6.07, 6.45) is 0. The topological polar surface area (TPSA) is 3.24 Å². The Morgan fingerprint density at radius 1 is 0.356 bits per heavy atom. The van der Waals surface area contributed by atoms with Crippen molar-refractivity contribution in [2.24, 2.45) is 0 Å². The largest absolute Gasteiger partial charge is 0.309 e. The van der Waals surface area contributed by atoms with E-state index in [4.69, 9.17) is 0 Å². The Hall–Kier alpha value is -7.00. The molecule has 0 spiro atoms. The summed E-state index contributed by atoms with van der Waals surface area (Å²) in [6.45, 7) is 4.72.